The summed E-state index contributed by atoms with van der Waals surface area (Å²) >= 11 is 0. The molecule has 17 heavy (non-hydrogen) atoms. The Balaban J connectivity index is 1.90. The molecule has 88 valence electrons. The number of rotatable bonds is 3. The number of fused-ring (bicyclic) bond motifs is 1. The average molecular weight is 226 g/mol. The van der Waals surface area contributed by atoms with Gasteiger partial charge < -0.3 is 5.73 Å². The quantitative estimate of drug-likeness (QED) is 0.874. The van der Waals surface area contributed by atoms with E-state index in [1.165, 1.54) is 30.2 Å². The molecule has 1 fully saturated rings. The van der Waals surface area contributed by atoms with Gasteiger partial charge in [0.25, 0.3) is 0 Å². The molecule has 1 heterocycles. The summed E-state index contributed by atoms with van der Waals surface area (Å²) in [5.41, 5.74) is 8.78. The van der Waals surface area contributed by atoms with Crippen molar-refractivity contribution < 1.29 is 0 Å². The van der Waals surface area contributed by atoms with Crippen LogP contribution in [0.2, 0.25) is 0 Å². The van der Waals surface area contributed by atoms with Crippen LogP contribution in [0, 0.1) is 5.41 Å². The van der Waals surface area contributed by atoms with Crippen LogP contribution >= 0.6 is 0 Å². The molecule has 1 saturated carbocycles. The molecule has 0 unspecified atom stereocenters. The first-order valence-electron chi connectivity index (χ1n) is 6.35. The zero-order chi connectivity index (χ0) is 11.7. The number of nitrogens with zero attached hydrogens (tertiary/aromatic N) is 1. The monoisotopic (exact) mass is 226 g/mol. The Hall–Kier alpha value is -1.41. The standard InChI is InChI=1S/C15H18N2/c16-11-15(6-2-7-15)10-12-4-5-14-13(9-12)3-1-8-17-14/h1,3-5,8-9H,2,6-7,10-11,16H2. The first kappa shape index (κ1) is 10.7. The molecule has 0 radical (unpaired) electrons. The second kappa shape index (κ2) is 4.11. The summed E-state index contributed by atoms with van der Waals surface area (Å²) in [6, 6.07) is 10.7. The van der Waals surface area contributed by atoms with Crippen LogP contribution in [0.1, 0.15) is 24.8 Å². The SMILES string of the molecule is NCC1(Cc2ccc3ncccc3c2)CCC1. The van der Waals surface area contributed by atoms with Crippen molar-refractivity contribution in [3.63, 3.8) is 0 Å². The third kappa shape index (κ3) is 1.93. The fourth-order valence-corrected chi connectivity index (χ4v) is 2.80. The van der Waals surface area contributed by atoms with Gasteiger partial charge in [-0.3, -0.25) is 4.98 Å². The predicted molar refractivity (Wildman–Crippen MR) is 70.8 cm³/mol. The van der Waals surface area contributed by atoms with Crippen molar-refractivity contribution in [3.8, 4) is 0 Å². The Bertz CT molecular complexity index is 524. The molecule has 2 heteroatoms. The fraction of sp³-hybridized carbons (Fsp3) is 0.400. The summed E-state index contributed by atoms with van der Waals surface area (Å²) in [4.78, 5) is 4.35. The molecule has 0 bridgehead atoms. The number of benzene rings is 1. The average Bonchev–Trinajstić information content (AvgIpc) is 2.34. The van der Waals surface area contributed by atoms with Crippen molar-refractivity contribution in [3.05, 3.63) is 42.1 Å². The summed E-state index contributed by atoms with van der Waals surface area (Å²) < 4.78 is 0. The van der Waals surface area contributed by atoms with Gasteiger partial charge in [-0.2, -0.15) is 0 Å². The molecule has 1 aromatic heterocycles. The number of aromatic nitrogens is 1. The third-order valence-corrected chi connectivity index (χ3v) is 4.09. The highest BCUT2D eigenvalue weighted by Crippen LogP contribution is 2.42. The van der Waals surface area contributed by atoms with Crippen LogP contribution in [0.25, 0.3) is 10.9 Å². The lowest BCUT2D eigenvalue weighted by molar-refractivity contribution is 0.145. The predicted octanol–water partition coefficient (Wildman–Crippen LogP) is 2.91. The van der Waals surface area contributed by atoms with Gasteiger partial charge in [-0.1, -0.05) is 18.6 Å². The summed E-state index contributed by atoms with van der Waals surface area (Å²) in [7, 11) is 0. The van der Waals surface area contributed by atoms with Gasteiger partial charge in [0.2, 0.25) is 0 Å². The molecule has 2 aromatic rings. The maximum atomic E-state index is 5.92. The maximum Gasteiger partial charge on any atom is 0.0702 e. The lowest BCUT2D eigenvalue weighted by Gasteiger charge is -2.41. The highest BCUT2D eigenvalue weighted by Gasteiger charge is 2.35. The van der Waals surface area contributed by atoms with Gasteiger partial charge in [0.1, 0.15) is 0 Å². The summed E-state index contributed by atoms with van der Waals surface area (Å²) in [6.45, 7) is 0.818. The molecule has 2 N–H and O–H groups in total. The van der Waals surface area contributed by atoms with E-state index >= 15 is 0 Å². The molecule has 1 aliphatic rings. The van der Waals surface area contributed by atoms with Gasteiger partial charge in [-0.05, 0) is 55.0 Å². The zero-order valence-corrected chi connectivity index (χ0v) is 10.0. The molecule has 0 atom stereocenters. The zero-order valence-electron chi connectivity index (χ0n) is 10.0. The first-order valence-corrected chi connectivity index (χ1v) is 6.35. The minimum atomic E-state index is 0.385. The van der Waals surface area contributed by atoms with E-state index < -0.39 is 0 Å². The number of hydrogen-bond acceptors (Lipinski definition) is 2. The van der Waals surface area contributed by atoms with Gasteiger partial charge in [-0.15, -0.1) is 0 Å². The Morgan fingerprint density at radius 1 is 1.24 bits per heavy atom. The first-order chi connectivity index (χ1) is 8.31. The van der Waals surface area contributed by atoms with Crippen LogP contribution < -0.4 is 5.73 Å². The Kier molecular flexibility index (Phi) is 2.60. The van der Waals surface area contributed by atoms with E-state index in [1.54, 1.807) is 0 Å². The van der Waals surface area contributed by atoms with E-state index in [1.807, 2.05) is 12.3 Å². The fourth-order valence-electron chi connectivity index (χ4n) is 2.80. The molecule has 1 aromatic carbocycles. The highest BCUT2D eigenvalue weighted by atomic mass is 14.6. The van der Waals surface area contributed by atoms with E-state index in [2.05, 4.69) is 29.2 Å². The van der Waals surface area contributed by atoms with Crippen molar-refractivity contribution in [1.82, 2.24) is 4.98 Å². The van der Waals surface area contributed by atoms with Crippen LogP contribution in [0.3, 0.4) is 0 Å². The summed E-state index contributed by atoms with van der Waals surface area (Å²) in [5.74, 6) is 0. The smallest absolute Gasteiger partial charge is 0.0702 e. The van der Waals surface area contributed by atoms with E-state index in [9.17, 15) is 0 Å². The van der Waals surface area contributed by atoms with E-state index in [0.717, 1.165) is 18.5 Å². The van der Waals surface area contributed by atoms with E-state index in [4.69, 9.17) is 5.73 Å². The molecule has 0 spiro atoms. The van der Waals surface area contributed by atoms with Crippen LogP contribution in [0.5, 0.6) is 0 Å². The van der Waals surface area contributed by atoms with Gasteiger partial charge in [0.15, 0.2) is 0 Å². The molecule has 2 nitrogen and oxygen atoms in total. The van der Waals surface area contributed by atoms with Crippen LogP contribution in [-0.4, -0.2) is 11.5 Å². The molecule has 3 rings (SSSR count). The van der Waals surface area contributed by atoms with Crippen molar-refractivity contribution in [2.45, 2.75) is 25.7 Å². The van der Waals surface area contributed by atoms with Crippen molar-refractivity contribution in [2.75, 3.05) is 6.54 Å². The molecule has 0 amide bonds. The second-order valence-electron chi connectivity index (χ2n) is 5.26. The largest absolute Gasteiger partial charge is 0.330 e. The van der Waals surface area contributed by atoms with Gasteiger partial charge in [-0.25, -0.2) is 0 Å². The second-order valence-corrected chi connectivity index (χ2v) is 5.26. The van der Waals surface area contributed by atoms with Gasteiger partial charge in [0, 0.05) is 11.6 Å². The van der Waals surface area contributed by atoms with Crippen molar-refractivity contribution >= 4 is 10.9 Å². The number of nitrogens with two attached hydrogens (primary N) is 1. The minimum Gasteiger partial charge on any atom is -0.330 e. The minimum absolute atomic E-state index is 0.385. The third-order valence-electron chi connectivity index (χ3n) is 4.09. The Labute approximate surface area is 102 Å². The van der Waals surface area contributed by atoms with Gasteiger partial charge in [0.05, 0.1) is 5.52 Å². The van der Waals surface area contributed by atoms with Crippen LogP contribution in [-0.2, 0) is 6.42 Å². The molecule has 0 aliphatic heterocycles. The molecular weight excluding hydrogens is 208 g/mol. The molecule has 0 saturated heterocycles. The summed E-state index contributed by atoms with van der Waals surface area (Å²) in [6.07, 6.45) is 6.87. The Morgan fingerprint density at radius 3 is 2.82 bits per heavy atom. The lowest BCUT2D eigenvalue weighted by Crippen LogP contribution is -2.39. The van der Waals surface area contributed by atoms with Crippen LogP contribution in [0.15, 0.2) is 36.5 Å². The van der Waals surface area contributed by atoms with E-state index in [0.29, 0.717) is 5.41 Å². The van der Waals surface area contributed by atoms with E-state index in [-0.39, 0.29) is 0 Å². The normalized spacial score (nSPS) is 17.9. The lowest BCUT2D eigenvalue weighted by atomic mass is 9.65. The van der Waals surface area contributed by atoms with Gasteiger partial charge >= 0.3 is 0 Å². The van der Waals surface area contributed by atoms with Crippen LogP contribution in [0.4, 0.5) is 0 Å². The topological polar surface area (TPSA) is 38.9 Å². The number of pyridine rings is 1. The maximum absolute atomic E-state index is 5.92. The molecular formula is C15H18N2. The Morgan fingerprint density at radius 2 is 2.12 bits per heavy atom. The van der Waals surface area contributed by atoms with Crippen molar-refractivity contribution in [1.29, 1.82) is 0 Å². The highest BCUT2D eigenvalue weighted by molar-refractivity contribution is 5.78. The van der Waals surface area contributed by atoms with Crippen molar-refractivity contribution in [2.24, 2.45) is 11.1 Å². The summed E-state index contributed by atoms with van der Waals surface area (Å²) in [5, 5.41) is 1.23. The molecule has 1 aliphatic carbocycles. The number of hydrogen-bond donors (Lipinski definition) is 1.